The van der Waals surface area contributed by atoms with Gasteiger partial charge >= 0.3 is 0 Å². The summed E-state index contributed by atoms with van der Waals surface area (Å²) in [7, 11) is 0. The molecule has 0 spiro atoms. The second kappa shape index (κ2) is 17.8. The monoisotopic (exact) mass is 1000 g/mol. The number of hydrogen-bond acceptors (Lipinski definition) is 3. The number of aromatic hydroxyl groups is 1. The van der Waals surface area contributed by atoms with Gasteiger partial charge in [0.05, 0.1) is 22.3 Å². The molecular formula is C58H52N3OPt-. The van der Waals surface area contributed by atoms with Crippen molar-refractivity contribution >= 4 is 11.0 Å². The van der Waals surface area contributed by atoms with Crippen molar-refractivity contribution in [3.63, 3.8) is 0 Å². The van der Waals surface area contributed by atoms with Gasteiger partial charge in [-0.3, -0.25) is 9.55 Å². The van der Waals surface area contributed by atoms with E-state index in [2.05, 4.69) is 211 Å². The van der Waals surface area contributed by atoms with Crippen LogP contribution in [-0.4, -0.2) is 19.6 Å². The average molecular weight is 1000 g/mol. The topological polar surface area (TPSA) is 50.9 Å². The maximum absolute atomic E-state index is 12.3. The number of pyridine rings is 1. The van der Waals surface area contributed by atoms with E-state index in [9.17, 15) is 5.11 Å². The van der Waals surface area contributed by atoms with Crippen LogP contribution in [0.1, 0.15) is 56.9 Å². The van der Waals surface area contributed by atoms with E-state index in [0.29, 0.717) is 17.3 Å². The van der Waals surface area contributed by atoms with Crippen LogP contribution >= 0.6 is 0 Å². The molecule has 0 fully saturated rings. The maximum Gasteiger partial charge on any atom is 0.148 e. The Labute approximate surface area is 386 Å². The number of aryl methyl sites for hydroxylation is 2. The van der Waals surface area contributed by atoms with E-state index < -0.39 is 0 Å². The fourth-order valence-electron chi connectivity index (χ4n) is 8.64. The zero-order valence-corrected chi connectivity index (χ0v) is 39.3. The van der Waals surface area contributed by atoms with Crippen molar-refractivity contribution in [2.45, 2.75) is 60.3 Å². The third-order valence-corrected chi connectivity index (χ3v) is 11.7. The molecule has 1 N–H and O–H groups in total. The van der Waals surface area contributed by atoms with Gasteiger partial charge in [-0.05, 0) is 95.3 Å². The summed E-state index contributed by atoms with van der Waals surface area (Å²) in [6.45, 7) is 15.2. The molecular weight excluding hydrogens is 950 g/mol. The van der Waals surface area contributed by atoms with Gasteiger partial charge in [0.15, 0.2) is 0 Å². The minimum atomic E-state index is -0.297. The smallest absolute Gasteiger partial charge is 0.148 e. The number of hydrogen-bond donors (Lipinski definition) is 1. The molecule has 0 saturated carbocycles. The van der Waals surface area contributed by atoms with E-state index >= 15 is 0 Å². The van der Waals surface area contributed by atoms with Crippen molar-refractivity contribution in [3.8, 4) is 78.6 Å². The Kier molecular flexibility index (Phi) is 12.2. The molecule has 5 heteroatoms. The van der Waals surface area contributed by atoms with Crippen molar-refractivity contribution in [1.29, 1.82) is 0 Å². The number of para-hydroxylation sites is 1. The van der Waals surface area contributed by atoms with E-state index in [1.165, 1.54) is 11.1 Å². The van der Waals surface area contributed by atoms with E-state index in [1.807, 2.05) is 12.3 Å². The number of imidazole rings is 1. The first-order valence-electron chi connectivity index (χ1n) is 21.6. The largest absolute Gasteiger partial charge is 0.507 e. The molecule has 63 heavy (non-hydrogen) atoms. The Hall–Kier alpha value is -6.35. The van der Waals surface area contributed by atoms with Crippen molar-refractivity contribution in [1.82, 2.24) is 14.5 Å². The van der Waals surface area contributed by atoms with Crippen LogP contribution in [0, 0.1) is 25.8 Å². The van der Waals surface area contributed by atoms with E-state index in [-0.39, 0.29) is 32.2 Å². The van der Waals surface area contributed by atoms with Crippen molar-refractivity contribution in [3.05, 3.63) is 192 Å². The molecule has 0 amide bonds. The zero-order chi connectivity index (χ0) is 43.1. The van der Waals surface area contributed by atoms with Crippen LogP contribution in [0.25, 0.3) is 83.9 Å². The maximum atomic E-state index is 12.3. The second-order valence-corrected chi connectivity index (χ2v) is 18.1. The number of aromatic nitrogens is 3. The number of nitrogens with zero attached hydrogens (tertiary/aromatic N) is 3. The van der Waals surface area contributed by atoms with Gasteiger partial charge in [0.2, 0.25) is 0 Å². The summed E-state index contributed by atoms with van der Waals surface area (Å²) in [5, 5.41) is 12.3. The molecule has 7 aromatic carbocycles. The summed E-state index contributed by atoms with van der Waals surface area (Å²) < 4.78 is 2.26. The summed E-state index contributed by atoms with van der Waals surface area (Å²) in [5.74, 6) is 1.43. The standard InChI is InChI=1S/C58H52N3O.Pt/c1-37(2)29-40-23-26-53(49(32-40)43-17-12-9-13-18-43)61-54-20-14-19-48(55(54)60-57(61)50-30-39(4)31-51(56(50)62)58(5,6)7)46-33-45(41-15-10-8-11-16-41)34-47(35-46)52-36-44(27-28-59-52)42-24-21-38(3)22-25-42;/h8-28,30-34,36-37,62H,29H2,1-7H3;/q-1;. The fraction of sp³-hybridized carbons (Fsp3) is 0.172. The van der Waals surface area contributed by atoms with Crippen LogP contribution in [0.2, 0.25) is 0 Å². The first-order chi connectivity index (χ1) is 29.9. The van der Waals surface area contributed by atoms with Crippen molar-refractivity contribution in [2.24, 2.45) is 5.92 Å². The molecule has 0 aliphatic carbocycles. The van der Waals surface area contributed by atoms with Crippen LogP contribution in [0.4, 0.5) is 0 Å². The molecule has 0 unspecified atom stereocenters. The number of benzene rings is 7. The summed E-state index contributed by atoms with van der Waals surface area (Å²) >= 11 is 0. The van der Waals surface area contributed by atoms with Crippen molar-refractivity contribution in [2.75, 3.05) is 0 Å². The quantitative estimate of drug-likeness (QED) is 0.147. The van der Waals surface area contributed by atoms with E-state index in [1.54, 1.807) is 0 Å². The van der Waals surface area contributed by atoms with E-state index in [4.69, 9.17) is 9.97 Å². The fourth-order valence-corrected chi connectivity index (χ4v) is 8.64. The molecule has 0 radical (unpaired) electrons. The van der Waals surface area contributed by atoms with Gasteiger partial charge in [-0.1, -0.05) is 172 Å². The van der Waals surface area contributed by atoms with Gasteiger partial charge in [0.1, 0.15) is 11.6 Å². The molecule has 0 saturated heterocycles. The Morgan fingerprint density at radius 3 is 1.98 bits per heavy atom. The molecule has 0 aliphatic rings. The molecule has 0 aliphatic heterocycles. The molecule has 4 nitrogen and oxygen atoms in total. The summed E-state index contributed by atoms with van der Waals surface area (Å²) in [4.78, 5) is 10.5. The predicted octanol–water partition coefficient (Wildman–Crippen LogP) is 15.0. The first-order valence-corrected chi connectivity index (χ1v) is 21.6. The van der Waals surface area contributed by atoms with Crippen molar-refractivity contribution < 1.29 is 26.2 Å². The molecule has 2 heterocycles. The Morgan fingerprint density at radius 2 is 1.29 bits per heavy atom. The molecule has 0 atom stereocenters. The third-order valence-electron chi connectivity index (χ3n) is 11.7. The summed E-state index contributed by atoms with van der Waals surface area (Å²) in [6.07, 6.45) is 2.85. The first kappa shape index (κ1) is 43.3. The molecule has 9 aromatic rings. The van der Waals surface area contributed by atoms with E-state index in [0.717, 1.165) is 90.0 Å². The third kappa shape index (κ3) is 8.83. The molecule has 316 valence electrons. The molecule has 2 aromatic heterocycles. The Morgan fingerprint density at radius 1 is 0.603 bits per heavy atom. The minimum Gasteiger partial charge on any atom is -0.507 e. The normalized spacial score (nSPS) is 11.6. The van der Waals surface area contributed by atoms with Crippen LogP contribution in [0.5, 0.6) is 5.75 Å². The second-order valence-electron chi connectivity index (χ2n) is 18.1. The summed E-state index contributed by atoms with van der Waals surface area (Å²) in [5.41, 5.74) is 17.8. The minimum absolute atomic E-state index is 0. The summed E-state index contributed by atoms with van der Waals surface area (Å²) in [6, 6.07) is 59.6. The van der Waals surface area contributed by atoms with Gasteiger partial charge in [-0.2, -0.15) is 0 Å². The number of phenols is 1. The number of fused-ring (bicyclic) bond motifs is 1. The predicted molar refractivity (Wildman–Crippen MR) is 259 cm³/mol. The zero-order valence-electron chi connectivity index (χ0n) is 37.0. The SMILES string of the molecule is Cc1ccc(-c2ccnc(-c3[c-]c(-c4cccc5c4nc(-c4cc(C)cc(C(C)(C)C)c4O)n5-c4ccc(CC(C)C)cc4-c4ccccc4)cc(-c4ccccc4)c3)c2)cc1.[Pt]. The van der Waals surface area contributed by atoms with Gasteiger partial charge in [-0.25, -0.2) is 4.98 Å². The van der Waals surface area contributed by atoms with Gasteiger partial charge in [0, 0.05) is 44.1 Å². The van der Waals surface area contributed by atoms with Crippen LogP contribution in [-0.2, 0) is 32.9 Å². The van der Waals surface area contributed by atoms with Gasteiger partial charge in [0.25, 0.3) is 0 Å². The Bertz CT molecular complexity index is 3070. The number of rotatable bonds is 9. The molecule has 0 bridgehead atoms. The number of phenolic OH excluding ortho intramolecular Hbond substituents is 1. The van der Waals surface area contributed by atoms with Gasteiger partial charge in [-0.15, -0.1) is 23.8 Å². The van der Waals surface area contributed by atoms with Crippen LogP contribution < -0.4 is 0 Å². The van der Waals surface area contributed by atoms with Gasteiger partial charge < -0.3 is 5.11 Å². The average Bonchev–Trinajstić information content (AvgIpc) is 3.66. The van der Waals surface area contributed by atoms with Crippen LogP contribution in [0.3, 0.4) is 0 Å². The molecule has 9 rings (SSSR count). The Balaban J connectivity index is 0.00000544. The van der Waals surface area contributed by atoms with Crippen LogP contribution in [0.15, 0.2) is 164 Å².